The van der Waals surface area contributed by atoms with E-state index in [0.717, 1.165) is 16.9 Å². The number of hydrogen-bond donors (Lipinski definition) is 1. The Morgan fingerprint density at radius 3 is 2.48 bits per heavy atom. The van der Waals surface area contributed by atoms with Gasteiger partial charge in [0.05, 0.1) is 19.8 Å². The second kappa shape index (κ2) is 7.20. The summed E-state index contributed by atoms with van der Waals surface area (Å²) in [6.45, 7) is 0.563. The van der Waals surface area contributed by atoms with Gasteiger partial charge in [0.15, 0.2) is 0 Å². The lowest BCUT2D eigenvalue weighted by Gasteiger charge is -2.27. The maximum Gasteiger partial charge on any atom is 0.123 e. The van der Waals surface area contributed by atoms with Crippen LogP contribution in [0.2, 0.25) is 0 Å². The van der Waals surface area contributed by atoms with Gasteiger partial charge < -0.3 is 9.84 Å². The van der Waals surface area contributed by atoms with Crippen molar-refractivity contribution in [2.75, 3.05) is 20.8 Å². The molecule has 2 aromatic carbocycles. The highest BCUT2D eigenvalue weighted by atomic mass is 19.1. The summed E-state index contributed by atoms with van der Waals surface area (Å²) in [5, 5.41) is 9.66. The van der Waals surface area contributed by atoms with Crippen molar-refractivity contribution in [1.82, 2.24) is 4.90 Å². The standard InChI is InChI=1S/C17H20FNO2/c1-19(11-13-4-3-5-15(18)10-13)17(12-20)14-6-8-16(21-2)9-7-14/h3-10,17,20H,11-12H2,1-2H3. The molecule has 0 bridgehead atoms. The van der Waals surface area contributed by atoms with E-state index in [1.807, 2.05) is 42.3 Å². The quantitative estimate of drug-likeness (QED) is 0.887. The second-order valence-corrected chi connectivity index (χ2v) is 5.02. The summed E-state index contributed by atoms with van der Waals surface area (Å²) in [4.78, 5) is 2.00. The van der Waals surface area contributed by atoms with E-state index >= 15 is 0 Å². The molecule has 2 rings (SSSR count). The molecule has 0 aliphatic rings. The molecular formula is C17H20FNO2. The Labute approximate surface area is 124 Å². The van der Waals surface area contributed by atoms with E-state index in [9.17, 15) is 9.50 Å². The SMILES string of the molecule is COc1ccc(C(CO)N(C)Cc2cccc(F)c2)cc1. The van der Waals surface area contributed by atoms with Crippen LogP contribution in [0.15, 0.2) is 48.5 Å². The topological polar surface area (TPSA) is 32.7 Å². The fraction of sp³-hybridized carbons (Fsp3) is 0.294. The van der Waals surface area contributed by atoms with Gasteiger partial charge in [-0.15, -0.1) is 0 Å². The minimum Gasteiger partial charge on any atom is -0.497 e. The number of hydrogen-bond acceptors (Lipinski definition) is 3. The third-order valence-electron chi connectivity index (χ3n) is 3.53. The Bertz CT molecular complexity index is 571. The van der Waals surface area contributed by atoms with E-state index in [1.165, 1.54) is 12.1 Å². The van der Waals surface area contributed by atoms with Crippen LogP contribution in [0.4, 0.5) is 4.39 Å². The van der Waals surface area contributed by atoms with Crippen molar-refractivity contribution in [3.8, 4) is 5.75 Å². The number of methoxy groups -OCH3 is 1. The van der Waals surface area contributed by atoms with Crippen LogP contribution >= 0.6 is 0 Å². The first-order chi connectivity index (χ1) is 10.1. The molecule has 21 heavy (non-hydrogen) atoms. The van der Waals surface area contributed by atoms with Gasteiger partial charge in [-0.05, 0) is 42.4 Å². The number of aliphatic hydroxyl groups excluding tert-OH is 1. The van der Waals surface area contributed by atoms with Crippen molar-refractivity contribution < 1.29 is 14.2 Å². The number of rotatable bonds is 6. The van der Waals surface area contributed by atoms with E-state index in [2.05, 4.69) is 0 Å². The van der Waals surface area contributed by atoms with Crippen LogP contribution in [-0.4, -0.2) is 30.8 Å². The van der Waals surface area contributed by atoms with Gasteiger partial charge in [0.25, 0.3) is 0 Å². The molecule has 0 saturated heterocycles. The third kappa shape index (κ3) is 4.03. The molecule has 112 valence electrons. The van der Waals surface area contributed by atoms with E-state index in [4.69, 9.17) is 4.74 Å². The molecule has 4 heteroatoms. The molecule has 1 N–H and O–H groups in total. The Hall–Kier alpha value is -1.91. The third-order valence-corrected chi connectivity index (χ3v) is 3.53. The predicted octanol–water partition coefficient (Wildman–Crippen LogP) is 3.00. The minimum absolute atomic E-state index is 0.00184. The summed E-state index contributed by atoms with van der Waals surface area (Å²) >= 11 is 0. The minimum atomic E-state index is -0.245. The molecule has 0 aliphatic carbocycles. The van der Waals surface area contributed by atoms with Gasteiger partial charge in [0.1, 0.15) is 11.6 Å². The van der Waals surface area contributed by atoms with Crippen molar-refractivity contribution in [2.45, 2.75) is 12.6 Å². The molecule has 1 unspecified atom stereocenters. The lowest BCUT2D eigenvalue weighted by Crippen LogP contribution is -2.27. The van der Waals surface area contributed by atoms with Gasteiger partial charge in [-0.1, -0.05) is 24.3 Å². The van der Waals surface area contributed by atoms with Crippen LogP contribution < -0.4 is 4.74 Å². The number of aliphatic hydroxyl groups is 1. The lowest BCUT2D eigenvalue weighted by atomic mass is 10.1. The number of ether oxygens (including phenoxy) is 1. The number of nitrogens with zero attached hydrogens (tertiary/aromatic N) is 1. The maximum absolute atomic E-state index is 13.2. The first-order valence-electron chi connectivity index (χ1n) is 6.83. The van der Waals surface area contributed by atoms with E-state index in [-0.39, 0.29) is 18.5 Å². The summed E-state index contributed by atoms with van der Waals surface area (Å²) < 4.78 is 18.4. The average molecular weight is 289 g/mol. The average Bonchev–Trinajstić information content (AvgIpc) is 2.48. The molecule has 0 heterocycles. The normalized spacial score (nSPS) is 12.4. The lowest BCUT2D eigenvalue weighted by molar-refractivity contribution is 0.142. The molecule has 0 aliphatic heterocycles. The van der Waals surface area contributed by atoms with Gasteiger partial charge in [0, 0.05) is 6.54 Å². The fourth-order valence-corrected chi connectivity index (χ4v) is 2.36. The monoisotopic (exact) mass is 289 g/mol. The van der Waals surface area contributed by atoms with Gasteiger partial charge >= 0.3 is 0 Å². The first-order valence-corrected chi connectivity index (χ1v) is 6.83. The zero-order chi connectivity index (χ0) is 15.2. The molecule has 0 radical (unpaired) electrons. The van der Waals surface area contributed by atoms with Crippen LogP contribution in [0.25, 0.3) is 0 Å². The van der Waals surface area contributed by atoms with Gasteiger partial charge in [0.2, 0.25) is 0 Å². The van der Waals surface area contributed by atoms with Crippen LogP contribution in [0, 0.1) is 5.82 Å². The van der Waals surface area contributed by atoms with Crippen LogP contribution in [0.5, 0.6) is 5.75 Å². The predicted molar refractivity (Wildman–Crippen MR) is 80.7 cm³/mol. The van der Waals surface area contributed by atoms with Crippen molar-refractivity contribution in [2.24, 2.45) is 0 Å². The molecule has 0 spiro atoms. The van der Waals surface area contributed by atoms with Gasteiger partial charge in [-0.25, -0.2) is 4.39 Å². The number of likely N-dealkylation sites (N-methyl/N-ethyl adjacent to an activating group) is 1. The maximum atomic E-state index is 13.2. The van der Waals surface area contributed by atoms with Crippen LogP contribution in [-0.2, 0) is 6.54 Å². The molecule has 0 saturated carbocycles. The summed E-state index contributed by atoms with van der Waals surface area (Å²) in [7, 11) is 3.53. The Balaban J connectivity index is 2.12. The van der Waals surface area contributed by atoms with Crippen LogP contribution in [0.3, 0.4) is 0 Å². The Kier molecular flexibility index (Phi) is 5.31. The zero-order valence-corrected chi connectivity index (χ0v) is 12.3. The van der Waals surface area contributed by atoms with Crippen LogP contribution in [0.1, 0.15) is 17.2 Å². The number of halogens is 1. The molecule has 0 fully saturated rings. The zero-order valence-electron chi connectivity index (χ0n) is 12.3. The molecular weight excluding hydrogens is 269 g/mol. The van der Waals surface area contributed by atoms with Crippen molar-refractivity contribution in [3.05, 3.63) is 65.5 Å². The van der Waals surface area contributed by atoms with Gasteiger partial charge in [-0.3, -0.25) is 4.90 Å². The molecule has 2 aromatic rings. The molecule has 1 atom stereocenters. The molecule has 0 aromatic heterocycles. The van der Waals surface area contributed by atoms with E-state index in [1.54, 1.807) is 13.2 Å². The highest BCUT2D eigenvalue weighted by Crippen LogP contribution is 2.23. The fourth-order valence-electron chi connectivity index (χ4n) is 2.36. The first kappa shape index (κ1) is 15.5. The summed E-state index contributed by atoms with van der Waals surface area (Å²) in [5.41, 5.74) is 1.88. The van der Waals surface area contributed by atoms with Crippen molar-refractivity contribution in [1.29, 1.82) is 0 Å². The highest BCUT2D eigenvalue weighted by molar-refractivity contribution is 5.29. The summed E-state index contributed by atoms with van der Waals surface area (Å²) in [5.74, 6) is 0.536. The van der Waals surface area contributed by atoms with E-state index in [0.29, 0.717) is 6.54 Å². The molecule has 0 amide bonds. The second-order valence-electron chi connectivity index (χ2n) is 5.02. The largest absolute Gasteiger partial charge is 0.497 e. The summed E-state index contributed by atoms with van der Waals surface area (Å²) in [6.07, 6.45) is 0. The smallest absolute Gasteiger partial charge is 0.123 e. The Morgan fingerprint density at radius 1 is 1.19 bits per heavy atom. The number of benzene rings is 2. The summed E-state index contributed by atoms with van der Waals surface area (Å²) in [6, 6.07) is 14.0. The highest BCUT2D eigenvalue weighted by Gasteiger charge is 2.16. The van der Waals surface area contributed by atoms with Gasteiger partial charge in [-0.2, -0.15) is 0 Å². The van der Waals surface area contributed by atoms with E-state index < -0.39 is 0 Å². The Morgan fingerprint density at radius 2 is 1.90 bits per heavy atom. The van der Waals surface area contributed by atoms with Crippen molar-refractivity contribution in [3.63, 3.8) is 0 Å². The molecule has 3 nitrogen and oxygen atoms in total. The van der Waals surface area contributed by atoms with Crippen molar-refractivity contribution >= 4 is 0 Å².